The molecule has 0 heterocycles. The molecule has 1 aromatic rings. The third-order valence-corrected chi connectivity index (χ3v) is 4.66. The SMILES string of the molecule is CC(NC1CCC(C(=O)O)CC1)c1ccccc1Br. The normalized spacial score (nSPS) is 24.9. The molecular weight excluding hydrogens is 306 g/mol. The summed E-state index contributed by atoms with van der Waals surface area (Å²) in [5.41, 5.74) is 1.25. The van der Waals surface area contributed by atoms with E-state index in [1.807, 2.05) is 12.1 Å². The first-order valence-electron chi connectivity index (χ1n) is 6.81. The smallest absolute Gasteiger partial charge is 0.306 e. The summed E-state index contributed by atoms with van der Waals surface area (Å²) in [6.45, 7) is 2.16. The molecule has 0 aliphatic heterocycles. The Morgan fingerprint density at radius 3 is 2.53 bits per heavy atom. The van der Waals surface area contributed by atoms with Gasteiger partial charge < -0.3 is 10.4 Å². The first-order chi connectivity index (χ1) is 9.08. The molecule has 0 amide bonds. The molecule has 104 valence electrons. The molecule has 1 saturated carbocycles. The fourth-order valence-electron chi connectivity index (χ4n) is 2.78. The minimum absolute atomic E-state index is 0.142. The van der Waals surface area contributed by atoms with E-state index in [1.54, 1.807) is 0 Å². The van der Waals surface area contributed by atoms with E-state index < -0.39 is 5.97 Å². The van der Waals surface area contributed by atoms with Crippen molar-refractivity contribution < 1.29 is 9.90 Å². The zero-order valence-corrected chi connectivity index (χ0v) is 12.7. The highest BCUT2D eigenvalue weighted by Gasteiger charge is 2.26. The zero-order chi connectivity index (χ0) is 13.8. The van der Waals surface area contributed by atoms with Crippen molar-refractivity contribution in [1.29, 1.82) is 0 Å². The minimum Gasteiger partial charge on any atom is -0.481 e. The lowest BCUT2D eigenvalue weighted by Gasteiger charge is -2.30. The summed E-state index contributed by atoms with van der Waals surface area (Å²) in [5.74, 6) is -0.783. The molecule has 2 rings (SSSR count). The van der Waals surface area contributed by atoms with Gasteiger partial charge in [-0.2, -0.15) is 0 Å². The van der Waals surface area contributed by atoms with Gasteiger partial charge >= 0.3 is 5.97 Å². The van der Waals surface area contributed by atoms with Gasteiger partial charge in [-0.25, -0.2) is 0 Å². The van der Waals surface area contributed by atoms with Gasteiger partial charge in [0.2, 0.25) is 0 Å². The number of aliphatic carboxylic acids is 1. The second-order valence-electron chi connectivity index (χ2n) is 5.30. The molecule has 0 bridgehead atoms. The Morgan fingerprint density at radius 1 is 1.32 bits per heavy atom. The lowest BCUT2D eigenvalue weighted by atomic mass is 9.85. The summed E-state index contributed by atoms with van der Waals surface area (Å²) in [7, 11) is 0. The molecule has 2 N–H and O–H groups in total. The average molecular weight is 326 g/mol. The topological polar surface area (TPSA) is 49.3 Å². The fraction of sp³-hybridized carbons (Fsp3) is 0.533. The van der Waals surface area contributed by atoms with E-state index in [4.69, 9.17) is 5.11 Å². The summed E-state index contributed by atoms with van der Waals surface area (Å²) in [6, 6.07) is 8.93. The molecule has 0 spiro atoms. The van der Waals surface area contributed by atoms with Crippen molar-refractivity contribution >= 4 is 21.9 Å². The fourth-order valence-corrected chi connectivity index (χ4v) is 3.40. The van der Waals surface area contributed by atoms with Gasteiger partial charge in [0.1, 0.15) is 0 Å². The van der Waals surface area contributed by atoms with Crippen LogP contribution in [0.5, 0.6) is 0 Å². The van der Waals surface area contributed by atoms with Crippen molar-refractivity contribution in [3.8, 4) is 0 Å². The van der Waals surface area contributed by atoms with Crippen molar-refractivity contribution in [3.05, 3.63) is 34.3 Å². The number of carboxylic acids is 1. The van der Waals surface area contributed by atoms with Crippen molar-refractivity contribution in [2.45, 2.75) is 44.7 Å². The second kappa shape index (κ2) is 6.53. The lowest BCUT2D eigenvalue weighted by molar-refractivity contribution is -0.142. The summed E-state index contributed by atoms with van der Waals surface area (Å²) in [4.78, 5) is 10.9. The molecule has 1 unspecified atom stereocenters. The monoisotopic (exact) mass is 325 g/mol. The van der Waals surface area contributed by atoms with Crippen molar-refractivity contribution in [2.75, 3.05) is 0 Å². The number of carboxylic acid groups (broad SMARTS) is 1. The number of halogens is 1. The molecule has 0 aromatic heterocycles. The van der Waals surface area contributed by atoms with Gasteiger partial charge in [-0.1, -0.05) is 34.1 Å². The maximum atomic E-state index is 10.9. The number of carbonyl (C=O) groups is 1. The molecule has 1 aromatic carbocycles. The van der Waals surface area contributed by atoms with Crippen molar-refractivity contribution in [1.82, 2.24) is 5.32 Å². The summed E-state index contributed by atoms with van der Waals surface area (Å²) < 4.78 is 1.12. The highest BCUT2D eigenvalue weighted by atomic mass is 79.9. The van der Waals surface area contributed by atoms with Crippen molar-refractivity contribution in [3.63, 3.8) is 0 Å². The van der Waals surface area contributed by atoms with E-state index >= 15 is 0 Å². The maximum absolute atomic E-state index is 10.9. The summed E-state index contributed by atoms with van der Waals surface area (Å²) in [6.07, 6.45) is 3.48. The van der Waals surface area contributed by atoms with Gasteiger partial charge in [-0.15, -0.1) is 0 Å². The van der Waals surface area contributed by atoms with Crippen LogP contribution in [0.25, 0.3) is 0 Å². The van der Waals surface area contributed by atoms with Crippen LogP contribution in [-0.2, 0) is 4.79 Å². The highest BCUT2D eigenvalue weighted by molar-refractivity contribution is 9.10. The van der Waals surface area contributed by atoms with Gasteiger partial charge in [-0.3, -0.25) is 4.79 Å². The average Bonchev–Trinajstić information content (AvgIpc) is 2.39. The van der Waals surface area contributed by atoms with Crippen LogP contribution in [0, 0.1) is 5.92 Å². The van der Waals surface area contributed by atoms with E-state index in [0.29, 0.717) is 6.04 Å². The zero-order valence-electron chi connectivity index (χ0n) is 11.1. The predicted molar refractivity (Wildman–Crippen MR) is 79.1 cm³/mol. The number of hydrogen-bond donors (Lipinski definition) is 2. The van der Waals surface area contributed by atoms with Gasteiger partial charge in [0.15, 0.2) is 0 Å². The molecule has 4 heteroatoms. The molecule has 1 fully saturated rings. The standard InChI is InChI=1S/C15H20BrNO2/c1-10(13-4-2-3-5-14(13)16)17-12-8-6-11(7-9-12)15(18)19/h2-5,10-12,17H,6-9H2,1H3,(H,18,19). The molecule has 19 heavy (non-hydrogen) atoms. The van der Waals surface area contributed by atoms with Gasteiger partial charge in [0, 0.05) is 16.6 Å². The third kappa shape index (κ3) is 3.80. The lowest BCUT2D eigenvalue weighted by Crippen LogP contribution is -2.36. The molecule has 0 saturated heterocycles. The van der Waals surface area contributed by atoms with Crippen LogP contribution in [0.4, 0.5) is 0 Å². The number of nitrogens with one attached hydrogen (secondary N) is 1. The Balaban J connectivity index is 1.89. The van der Waals surface area contributed by atoms with E-state index in [0.717, 1.165) is 30.2 Å². The largest absolute Gasteiger partial charge is 0.481 e. The Labute approximate surface area is 122 Å². The molecule has 0 radical (unpaired) electrons. The molecule has 1 aliphatic carbocycles. The molecule has 3 nitrogen and oxygen atoms in total. The van der Waals surface area contributed by atoms with Crippen molar-refractivity contribution in [2.24, 2.45) is 5.92 Å². The van der Waals surface area contributed by atoms with Crippen LogP contribution in [0.1, 0.15) is 44.2 Å². The van der Waals surface area contributed by atoms with Crippen LogP contribution >= 0.6 is 15.9 Å². The third-order valence-electron chi connectivity index (χ3n) is 3.93. The van der Waals surface area contributed by atoms with E-state index in [2.05, 4.69) is 40.3 Å². The first kappa shape index (κ1) is 14.5. The Morgan fingerprint density at radius 2 is 1.95 bits per heavy atom. The molecule has 1 atom stereocenters. The van der Waals surface area contributed by atoms with Crippen LogP contribution in [0.2, 0.25) is 0 Å². The maximum Gasteiger partial charge on any atom is 0.306 e. The number of rotatable bonds is 4. The first-order valence-corrected chi connectivity index (χ1v) is 7.60. The van der Waals surface area contributed by atoms with Gasteiger partial charge in [0.25, 0.3) is 0 Å². The quantitative estimate of drug-likeness (QED) is 0.886. The highest BCUT2D eigenvalue weighted by Crippen LogP contribution is 2.28. The van der Waals surface area contributed by atoms with Crippen LogP contribution in [-0.4, -0.2) is 17.1 Å². The Hall–Kier alpha value is -0.870. The molecule has 1 aliphatic rings. The predicted octanol–water partition coefficient (Wildman–Crippen LogP) is 3.74. The minimum atomic E-state index is -0.641. The molecular formula is C15H20BrNO2. The van der Waals surface area contributed by atoms with Crippen LogP contribution < -0.4 is 5.32 Å². The van der Waals surface area contributed by atoms with Gasteiger partial charge in [0.05, 0.1) is 5.92 Å². The Kier molecular flexibility index (Phi) is 4.99. The summed E-state index contributed by atoms with van der Waals surface area (Å²) >= 11 is 3.57. The van der Waals surface area contributed by atoms with E-state index in [-0.39, 0.29) is 12.0 Å². The number of hydrogen-bond acceptors (Lipinski definition) is 2. The van der Waals surface area contributed by atoms with Crippen LogP contribution in [0.3, 0.4) is 0 Å². The number of benzene rings is 1. The van der Waals surface area contributed by atoms with E-state index in [1.165, 1.54) is 5.56 Å². The summed E-state index contributed by atoms with van der Waals surface area (Å²) in [5, 5.41) is 12.6. The van der Waals surface area contributed by atoms with Gasteiger partial charge in [-0.05, 0) is 44.2 Å². The van der Waals surface area contributed by atoms with Crippen LogP contribution in [0.15, 0.2) is 28.7 Å². The Bertz CT molecular complexity index is 442. The second-order valence-corrected chi connectivity index (χ2v) is 6.15. The van der Waals surface area contributed by atoms with E-state index in [9.17, 15) is 4.79 Å².